The van der Waals surface area contributed by atoms with Crippen LogP contribution in [-0.4, -0.2) is 32.5 Å². The Bertz CT molecular complexity index is 1270. The normalized spacial score (nSPS) is 12.1. The van der Waals surface area contributed by atoms with E-state index in [1.54, 1.807) is 30.5 Å². The minimum Gasteiger partial charge on any atom is -0.548 e. The van der Waals surface area contributed by atoms with Gasteiger partial charge in [0.25, 0.3) is 5.56 Å². The van der Waals surface area contributed by atoms with Crippen LogP contribution in [0.15, 0.2) is 65.8 Å². The van der Waals surface area contributed by atoms with Gasteiger partial charge in [-0.3, -0.25) is 14.2 Å². The fourth-order valence-electron chi connectivity index (χ4n) is 3.33. The van der Waals surface area contributed by atoms with Crippen molar-refractivity contribution in [3.8, 4) is 0 Å². The Morgan fingerprint density at radius 1 is 1.10 bits per heavy atom. The molecule has 8 nitrogen and oxygen atoms in total. The van der Waals surface area contributed by atoms with E-state index >= 15 is 0 Å². The number of carboxylic acids is 1. The number of nitrogens with one attached hydrogen (secondary N) is 2. The van der Waals surface area contributed by atoms with Gasteiger partial charge in [-0.25, -0.2) is 4.98 Å². The van der Waals surface area contributed by atoms with Gasteiger partial charge in [-0.2, -0.15) is 0 Å². The van der Waals surface area contributed by atoms with Gasteiger partial charge in [0.05, 0.1) is 29.2 Å². The average molecular weight is 389 g/mol. The third-order valence-corrected chi connectivity index (χ3v) is 4.76. The van der Waals surface area contributed by atoms with E-state index in [0.29, 0.717) is 10.9 Å². The predicted molar refractivity (Wildman–Crippen MR) is 105 cm³/mol. The van der Waals surface area contributed by atoms with Crippen molar-refractivity contribution in [3.05, 3.63) is 77.0 Å². The molecule has 1 atom stereocenters. The molecule has 0 aliphatic carbocycles. The van der Waals surface area contributed by atoms with Gasteiger partial charge < -0.3 is 20.2 Å². The number of aliphatic carboxylic acids is 1. The minimum atomic E-state index is -1.40. The number of carboxylic acid groups (broad SMARTS) is 1. The largest absolute Gasteiger partial charge is 0.548 e. The van der Waals surface area contributed by atoms with Crippen molar-refractivity contribution < 1.29 is 14.7 Å². The zero-order valence-electron chi connectivity index (χ0n) is 15.3. The highest BCUT2D eigenvalue weighted by Crippen LogP contribution is 2.19. The van der Waals surface area contributed by atoms with Gasteiger partial charge in [0, 0.05) is 23.5 Å². The highest BCUT2D eigenvalue weighted by atomic mass is 16.4. The summed E-state index contributed by atoms with van der Waals surface area (Å²) < 4.78 is 1.15. The van der Waals surface area contributed by atoms with Crippen LogP contribution in [-0.2, 0) is 22.6 Å². The van der Waals surface area contributed by atoms with Crippen molar-refractivity contribution in [2.75, 3.05) is 0 Å². The number of carbonyl (C=O) groups is 2. The van der Waals surface area contributed by atoms with Gasteiger partial charge in [-0.05, 0) is 23.8 Å². The van der Waals surface area contributed by atoms with Crippen molar-refractivity contribution >= 4 is 33.7 Å². The molecule has 2 aromatic heterocycles. The molecule has 2 N–H and O–H groups in total. The van der Waals surface area contributed by atoms with E-state index in [9.17, 15) is 19.5 Å². The molecule has 0 saturated carbocycles. The standard InChI is InChI=1S/C21H18N4O4/c26-19(11-25-12-23-17-8-4-2-6-15(17)20(25)27)24-18(21(28)29)9-13-10-22-16-7-3-1-5-14(13)16/h1-8,10,12,18,22H,9,11H2,(H,24,26)(H,28,29)/p-1/t18-/m0/s1. The molecule has 0 aliphatic rings. The quantitative estimate of drug-likeness (QED) is 0.493. The number of nitrogens with zero attached hydrogens (tertiary/aromatic N) is 2. The molecule has 0 fully saturated rings. The van der Waals surface area contributed by atoms with E-state index in [0.717, 1.165) is 21.0 Å². The number of aromatic nitrogens is 3. The Hall–Kier alpha value is -3.94. The first-order valence-electron chi connectivity index (χ1n) is 9.02. The van der Waals surface area contributed by atoms with Crippen LogP contribution in [0.3, 0.4) is 0 Å². The lowest BCUT2D eigenvalue weighted by molar-refractivity contribution is -0.308. The molecule has 0 saturated heterocycles. The Balaban J connectivity index is 1.52. The third-order valence-electron chi connectivity index (χ3n) is 4.76. The molecule has 1 amide bonds. The number of H-pyrrole nitrogens is 1. The summed E-state index contributed by atoms with van der Waals surface area (Å²) in [4.78, 5) is 43.7. The predicted octanol–water partition coefficient (Wildman–Crippen LogP) is 0.355. The Kier molecular flexibility index (Phi) is 4.82. The molecule has 8 heteroatoms. The van der Waals surface area contributed by atoms with Gasteiger partial charge in [0.1, 0.15) is 6.54 Å². The smallest absolute Gasteiger partial charge is 0.261 e. The highest BCUT2D eigenvalue weighted by molar-refractivity contribution is 5.86. The van der Waals surface area contributed by atoms with Gasteiger partial charge in [0.15, 0.2) is 0 Å². The van der Waals surface area contributed by atoms with Gasteiger partial charge in [-0.15, -0.1) is 0 Å². The second kappa shape index (κ2) is 7.59. The summed E-state index contributed by atoms with van der Waals surface area (Å²) in [6.07, 6.45) is 3.05. The van der Waals surface area contributed by atoms with Crippen LogP contribution in [0.25, 0.3) is 21.8 Å². The molecule has 0 spiro atoms. The number of hydrogen-bond acceptors (Lipinski definition) is 5. The van der Waals surface area contributed by atoms with Crippen LogP contribution in [0.2, 0.25) is 0 Å². The number of hydrogen-bond donors (Lipinski definition) is 2. The lowest BCUT2D eigenvalue weighted by atomic mass is 10.0. The van der Waals surface area contributed by atoms with Crippen LogP contribution in [0.4, 0.5) is 0 Å². The minimum absolute atomic E-state index is 0.0585. The van der Waals surface area contributed by atoms with E-state index in [-0.39, 0.29) is 18.5 Å². The molecular weight excluding hydrogens is 372 g/mol. The zero-order valence-corrected chi connectivity index (χ0v) is 15.3. The second-order valence-corrected chi connectivity index (χ2v) is 6.70. The summed E-state index contributed by atoms with van der Waals surface area (Å²) >= 11 is 0. The molecule has 4 aromatic rings. The summed E-state index contributed by atoms with van der Waals surface area (Å²) in [5.74, 6) is -2.01. The van der Waals surface area contributed by atoms with Crippen LogP contribution >= 0.6 is 0 Å². The Morgan fingerprint density at radius 3 is 2.62 bits per heavy atom. The molecule has 29 heavy (non-hydrogen) atoms. The number of rotatable bonds is 6. The third kappa shape index (κ3) is 3.73. The van der Waals surface area contributed by atoms with E-state index < -0.39 is 17.9 Å². The number of benzene rings is 2. The summed E-state index contributed by atoms with van der Waals surface area (Å²) in [7, 11) is 0. The van der Waals surface area contributed by atoms with E-state index in [2.05, 4.69) is 15.3 Å². The monoisotopic (exact) mass is 389 g/mol. The van der Waals surface area contributed by atoms with E-state index in [1.165, 1.54) is 6.33 Å². The molecule has 4 rings (SSSR count). The summed E-state index contributed by atoms with van der Waals surface area (Å²) in [5, 5.41) is 15.3. The molecule has 2 heterocycles. The number of carbonyl (C=O) groups excluding carboxylic acids is 2. The van der Waals surface area contributed by atoms with E-state index in [1.807, 2.05) is 24.3 Å². The number of para-hydroxylation sites is 2. The van der Waals surface area contributed by atoms with Gasteiger partial charge in [-0.1, -0.05) is 30.3 Å². The van der Waals surface area contributed by atoms with Gasteiger partial charge in [0.2, 0.25) is 5.91 Å². The van der Waals surface area contributed by atoms with Crippen molar-refractivity contribution in [1.82, 2.24) is 19.9 Å². The summed E-state index contributed by atoms with van der Waals surface area (Å²) in [6, 6.07) is 13.0. The zero-order chi connectivity index (χ0) is 20.4. The number of amides is 1. The Labute approximate surface area is 164 Å². The Morgan fingerprint density at radius 2 is 1.83 bits per heavy atom. The van der Waals surface area contributed by atoms with Crippen molar-refractivity contribution in [2.45, 2.75) is 19.0 Å². The first kappa shape index (κ1) is 18.4. The second-order valence-electron chi connectivity index (χ2n) is 6.70. The fourth-order valence-corrected chi connectivity index (χ4v) is 3.33. The van der Waals surface area contributed by atoms with Crippen molar-refractivity contribution in [1.29, 1.82) is 0 Å². The molecular formula is C21H17N4O4-. The molecule has 146 valence electrons. The average Bonchev–Trinajstić information content (AvgIpc) is 3.13. The van der Waals surface area contributed by atoms with Crippen LogP contribution in [0.1, 0.15) is 5.56 Å². The summed E-state index contributed by atoms with van der Waals surface area (Å²) in [6.45, 7) is -0.339. The van der Waals surface area contributed by atoms with Crippen LogP contribution < -0.4 is 16.0 Å². The number of fused-ring (bicyclic) bond motifs is 2. The molecule has 0 aliphatic heterocycles. The first-order valence-corrected chi connectivity index (χ1v) is 9.02. The fraction of sp³-hybridized carbons (Fsp3) is 0.143. The lowest BCUT2D eigenvalue weighted by Crippen LogP contribution is -2.50. The van der Waals surface area contributed by atoms with Crippen molar-refractivity contribution in [2.24, 2.45) is 0 Å². The van der Waals surface area contributed by atoms with Gasteiger partial charge >= 0.3 is 0 Å². The maximum atomic E-state index is 12.5. The molecule has 0 bridgehead atoms. The molecule has 0 unspecified atom stereocenters. The molecule has 0 radical (unpaired) electrons. The highest BCUT2D eigenvalue weighted by Gasteiger charge is 2.17. The maximum absolute atomic E-state index is 12.5. The maximum Gasteiger partial charge on any atom is 0.261 e. The SMILES string of the molecule is O=C(Cn1cnc2ccccc2c1=O)N[C@@H](Cc1c[nH]c2ccccc12)C(=O)[O-]. The lowest BCUT2D eigenvalue weighted by Gasteiger charge is -2.20. The van der Waals surface area contributed by atoms with E-state index in [4.69, 9.17) is 0 Å². The number of aromatic amines is 1. The van der Waals surface area contributed by atoms with Crippen LogP contribution in [0.5, 0.6) is 0 Å². The topological polar surface area (TPSA) is 120 Å². The first-order chi connectivity index (χ1) is 14.0. The van der Waals surface area contributed by atoms with Crippen LogP contribution in [0, 0.1) is 0 Å². The summed E-state index contributed by atoms with van der Waals surface area (Å²) in [5.41, 5.74) is 1.79. The molecule has 2 aromatic carbocycles. The van der Waals surface area contributed by atoms with Crippen molar-refractivity contribution in [3.63, 3.8) is 0 Å².